The quantitative estimate of drug-likeness (QED) is 0.750. The average molecular weight is 186 g/mol. The number of rotatable bonds is 2. The number of hydrogen-bond acceptors (Lipinski definition) is 4. The fourth-order valence-corrected chi connectivity index (χ4v) is 1.05. The summed E-state index contributed by atoms with van der Waals surface area (Å²) < 4.78 is 0. The first-order valence-corrected chi connectivity index (χ1v) is 4.24. The molecule has 2 rings (SSSR count). The predicted molar refractivity (Wildman–Crippen MR) is 56.2 cm³/mol. The summed E-state index contributed by atoms with van der Waals surface area (Å²) in [7, 11) is 0. The monoisotopic (exact) mass is 186 g/mol. The van der Waals surface area contributed by atoms with E-state index in [9.17, 15) is 0 Å². The van der Waals surface area contributed by atoms with Crippen LogP contribution in [0.4, 0.5) is 17.3 Å². The number of nitrogens with two attached hydrogens (primary N) is 1. The van der Waals surface area contributed by atoms with E-state index in [1.54, 1.807) is 18.5 Å². The Morgan fingerprint density at radius 1 is 1.00 bits per heavy atom. The van der Waals surface area contributed by atoms with Gasteiger partial charge >= 0.3 is 0 Å². The summed E-state index contributed by atoms with van der Waals surface area (Å²) in [4.78, 5) is 8.21. The minimum absolute atomic E-state index is 0.650. The van der Waals surface area contributed by atoms with Crippen molar-refractivity contribution in [3.63, 3.8) is 0 Å². The summed E-state index contributed by atoms with van der Waals surface area (Å²) in [5.41, 5.74) is 6.16. The third kappa shape index (κ3) is 1.98. The SMILES string of the molecule is Nc1ccc(Nc2ccccn2)nc1. The van der Waals surface area contributed by atoms with Crippen molar-refractivity contribution < 1.29 is 0 Å². The molecular formula is C10H10N4. The van der Waals surface area contributed by atoms with Gasteiger partial charge in [-0.15, -0.1) is 0 Å². The van der Waals surface area contributed by atoms with Crippen LogP contribution in [0.2, 0.25) is 0 Å². The van der Waals surface area contributed by atoms with Gasteiger partial charge in [-0.2, -0.15) is 0 Å². The van der Waals surface area contributed by atoms with Gasteiger partial charge in [0.15, 0.2) is 0 Å². The van der Waals surface area contributed by atoms with Crippen LogP contribution in [0.15, 0.2) is 42.7 Å². The second-order valence-corrected chi connectivity index (χ2v) is 2.82. The lowest BCUT2D eigenvalue weighted by molar-refractivity contribution is 1.25. The molecule has 70 valence electrons. The molecule has 0 aromatic carbocycles. The molecule has 0 saturated carbocycles. The Bertz CT molecular complexity index is 396. The number of hydrogen-bond donors (Lipinski definition) is 2. The molecule has 0 aliphatic carbocycles. The molecule has 0 unspecified atom stereocenters. The molecule has 0 radical (unpaired) electrons. The molecule has 4 heteroatoms. The standard InChI is InChI=1S/C10H10N4/c11-8-4-5-10(13-7-8)14-9-3-1-2-6-12-9/h1-7H,11H2,(H,12,13,14). The van der Waals surface area contributed by atoms with Gasteiger partial charge in [-0.25, -0.2) is 9.97 Å². The van der Waals surface area contributed by atoms with Crippen molar-refractivity contribution in [2.45, 2.75) is 0 Å². The van der Waals surface area contributed by atoms with Crippen LogP contribution in [-0.2, 0) is 0 Å². The highest BCUT2D eigenvalue weighted by Gasteiger charge is 1.94. The molecule has 0 saturated heterocycles. The molecule has 0 aliphatic heterocycles. The van der Waals surface area contributed by atoms with Crippen LogP contribution in [0.5, 0.6) is 0 Å². The maximum Gasteiger partial charge on any atom is 0.131 e. The molecular weight excluding hydrogens is 176 g/mol. The molecule has 14 heavy (non-hydrogen) atoms. The lowest BCUT2D eigenvalue weighted by atomic mass is 10.4. The van der Waals surface area contributed by atoms with Crippen LogP contribution in [0.3, 0.4) is 0 Å². The fourth-order valence-electron chi connectivity index (χ4n) is 1.05. The number of pyridine rings is 2. The zero-order valence-electron chi connectivity index (χ0n) is 7.51. The van der Waals surface area contributed by atoms with Crippen molar-refractivity contribution in [2.75, 3.05) is 11.1 Å². The minimum Gasteiger partial charge on any atom is -0.397 e. The summed E-state index contributed by atoms with van der Waals surface area (Å²) in [6.45, 7) is 0. The summed E-state index contributed by atoms with van der Waals surface area (Å²) in [5.74, 6) is 1.50. The van der Waals surface area contributed by atoms with Crippen LogP contribution in [0.1, 0.15) is 0 Å². The van der Waals surface area contributed by atoms with Gasteiger partial charge in [-0.1, -0.05) is 6.07 Å². The van der Waals surface area contributed by atoms with Gasteiger partial charge in [-0.05, 0) is 24.3 Å². The van der Waals surface area contributed by atoms with E-state index < -0.39 is 0 Å². The number of nitrogens with one attached hydrogen (secondary N) is 1. The maximum atomic E-state index is 5.51. The Morgan fingerprint density at radius 3 is 2.50 bits per heavy atom. The molecule has 3 N–H and O–H groups in total. The van der Waals surface area contributed by atoms with Crippen LogP contribution < -0.4 is 11.1 Å². The molecule has 0 spiro atoms. The van der Waals surface area contributed by atoms with Crippen molar-refractivity contribution in [1.82, 2.24) is 9.97 Å². The summed E-state index contributed by atoms with van der Waals surface area (Å²) >= 11 is 0. The van der Waals surface area contributed by atoms with Gasteiger partial charge in [0.2, 0.25) is 0 Å². The van der Waals surface area contributed by atoms with Crippen molar-refractivity contribution in [1.29, 1.82) is 0 Å². The van der Waals surface area contributed by atoms with Gasteiger partial charge in [0, 0.05) is 6.20 Å². The first-order chi connectivity index (χ1) is 6.84. The third-order valence-corrected chi connectivity index (χ3v) is 1.71. The van der Waals surface area contributed by atoms with Gasteiger partial charge < -0.3 is 11.1 Å². The van der Waals surface area contributed by atoms with Crippen molar-refractivity contribution >= 4 is 17.3 Å². The highest BCUT2D eigenvalue weighted by Crippen LogP contribution is 2.11. The van der Waals surface area contributed by atoms with E-state index in [1.165, 1.54) is 0 Å². The van der Waals surface area contributed by atoms with Gasteiger partial charge in [0.05, 0.1) is 11.9 Å². The van der Waals surface area contributed by atoms with Gasteiger partial charge in [-0.3, -0.25) is 0 Å². The lowest BCUT2D eigenvalue weighted by Gasteiger charge is -2.03. The second kappa shape index (κ2) is 3.74. The molecule has 0 aliphatic rings. The Hall–Kier alpha value is -2.10. The number of nitrogens with zero attached hydrogens (tertiary/aromatic N) is 2. The van der Waals surface area contributed by atoms with E-state index in [1.807, 2.05) is 24.3 Å². The van der Waals surface area contributed by atoms with Crippen molar-refractivity contribution in [3.05, 3.63) is 42.7 Å². The highest BCUT2D eigenvalue weighted by molar-refractivity contribution is 5.53. The summed E-state index contributed by atoms with van der Waals surface area (Å²) in [5, 5.41) is 3.05. The molecule has 4 nitrogen and oxygen atoms in total. The van der Waals surface area contributed by atoms with E-state index in [0.29, 0.717) is 5.69 Å². The zero-order valence-corrected chi connectivity index (χ0v) is 7.51. The third-order valence-electron chi connectivity index (χ3n) is 1.71. The van der Waals surface area contributed by atoms with Crippen LogP contribution >= 0.6 is 0 Å². The summed E-state index contributed by atoms with van der Waals surface area (Å²) in [6.07, 6.45) is 3.32. The van der Waals surface area contributed by atoms with Gasteiger partial charge in [0.25, 0.3) is 0 Å². The predicted octanol–water partition coefficient (Wildman–Crippen LogP) is 1.80. The molecule has 0 atom stereocenters. The molecule has 2 heterocycles. The number of aromatic nitrogens is 2. The Kier molecular flexibility index (Phi) is 2.27. The Morgan fingerprint density at radius 2 is 1.86 bits per heavy atom. The maximum absolute atomic E-state index is 5.51. The number of anilines is 3. The van der Waals surface area contributed by atoms with E-state index in [2.05, 4.69) is 15.3 Å². The van der Waals surface area contributed by atoms with E-state index >= 15 is 0 Å². The largest absolute Gasteiger partial charge is 0.397 e. The van der Waals surface area contributed by atoms with Crippen LogP contribution in [-0.4, -0.2) is 9.97 Å². The van der Waals surface area contributed by atoms with Crippen molar-refractivity contribution in [3.8, 4) is 0 Å². The lowest BCUT2D eigenvalue weighted by Crippen LogP contribution is -1.95. The highest BCUT2D eigenvalue weighted by atomic mass is 15.0. The second-order valence-electron chi connectivity index (χ2n) is 2.82. The summed E-state index contributed by atoms with van der Waals surface area (Å²) in [6, 6.07) is 9.24. The molecule has 2 aromatic heterocycles. The first kappa shape index (κ1) is 8.50. The fraction of sp³-hybridized carbons (Fsp3) is 0. The first-order valence-electron chi connectivity index (χ1n) is 4.24. The molecule has 0 amide bonds. The number of nitrogen functional groups attached to an aromatic ring is 1. The van der Waals surface area contributed by atoms with Gasteiger partial charge in [0.1, 0.15) is 11.6 Å². The van der Waals surface area contributed by atoms with E-state index in [-0.39, 0.29) is 0 Å². The van der Waals surface area contributed by atoms with Crippen LogP contribution in [0.25, 0.3) is 0 Å². The molecule has 0 fully saturated rings. The van der Waals surface area contributed by atoms with E-state index in [0.717, 1.165) is 11.6 Å². The molecule has 0 bridgehead atoms. The van der Waals surface area contributed by atoms with Crippen molar-refractivity contribution in [2.24, 2.45) is 0 Å². The minimum atomic E-state index is 0.650. The zero-order chi connectivity index (χ0) is 9.80. The topological polar surface area (TPSA) is 63.8 Å². The normalized spacial score (nSPS) is 9.71. The Balaban J connectivity index is 2.16. The smallest absolute Gasteiger partial charge is 0.131 e. The van der Waals surface area contributed by atoms with E-state index in [4.69, 9.17) is 5.73 Å². The Labute approximate surface area is 81.8 Å². The average Bonchev–Trinajstić information content (AvgIpc) is 2.23. The molecule has 2 aromatic rings. The van der Waals surface area contributed by atoms with Crippen LogP contribution in [0, 0.1) is 0 Å².